The molecule has 214 valence electrons. The maximum Gasteiger partial charge on any atom is 0.212 e. The minimum absolute atomic E-state index is 0.267. The summed E-state index contributed by atoms with van der Waals surface area (Å²) in [7, 11) is 3.68. The molecule has 40 heavy (non-hydrogen) atoms. The molecule has 4 N–H and O–H groups in total. The number of para-hydroxylation sites is 1. The number of hydrogen-bond donors (Lipinski definition) is 4. The number of benzene rings is 1. The Balaban J connectivity index is 0.00000181. The van der Waals surface area contributed by atoms with Crippen molar-refractivity contribution >= 4 is 34.9 Å². The SMILES string of the molecule is CC.CN(C)/C=C1/Oc2cccc(OCCNc3ncnc4c3ncn4C3CC(O)C(CO)O3)c2N=C1NC=O. The van der Waals surface area contributed by atoms with E-state index in [4.69, 9.17) is 14.2 Å². The lowest BCUT2D eigenvalue weighted by Gasteiger charge is -2.22. The number of amides is 1. The Hall–Kier alpha value is -4.27. The first-order valence-corrected chi connectivity index (χ1v) is 13.0. The van der Waals surface area contributed by atoms with E-state index < -0.39 is 18.4 Å². The van der Waals surface area contributed by atoms with Crippen LogP contribution < -0.4 is 20.1 Å². The van der Waals surface area contributed by atoms with Gasteiger partial charge in [-0.25, -0.2) is 19.9 Å². The van der Waals surface area contributed by atoms with Crippen molar-refractivity contribution in [3.8, 4) is 11.5 Å². The van der Waals surface area contributed by atoms with Gasteiger partial charge in [0.1, 0.15) is 31.0 Å². The summed E-state index contributed by atoms with van der Waals surface area (Å²) in [6.45, 7) is 4.39. The normalized spacial score (nSPS) is 20.6. The lowest BCUT2D eigenvalue weighted by atomic mass is 10.2. The Morgan fingerprint density at radius 3 is 2.80 bits per heavy atom. The fourth-order valence-electron chi connectivity index (χ4n) is 4.20. The maximum absolute atomic E-state index is 11.1. The first-order chi connectivity index (χ1) is 19.5. The Kier molecular flexibility index (Phi) is 9.47. The molecule has 1 saturated heterocycles. The third-order valence-corrected chi connectivity index (χ3v) is 5.92. The van der Waals surface area contributed by atoms with Crippen molar-refractivity contribution in [2.45, 2.75) is 38.7 Å². The summed E-state index contributed by atoms with van der Waals surface area (Å²) >= 11 is 0. The van der Waals surface area contributed by atoms with Crippen molar-refractivity contribution in [1.29, 1.82) is 0 Å². The van der Waals surface area contributed by atoms with Crippen molar-refractivity contribution < 1.29 is 29.2 Å². The van der Waals surface area contributed by atoms with Gasteiger partial charge in [-0.3, -0.25) is 9.36 Å². The monoisotopic (exact) mass is 554 g/mol. The number of aromatic nitrogens is 4. The first-order valence-electron chi connectivity index (χ1n) is 13.0. The number of nitrogens with one attached hydrogen (secondary N) is 2. The van der Waals surface area contributed by atoms with Crippen LogP contribution in [0.5, 0.6) is 11.5 Å². The van der Waals surface area contributed by atoms with E-state index in [9.17, 15) is 15.0 Å². The molecule has 14 nitrogen and oxygen atoms in total. The fraction of sp³-hybridized carbons (Fsp3) is 0.423. The van der Waals surface area contributed by atoms with Crippen LogP contribution in [0.4, 0.5) is 11.5 Å². The highest BCUT2D eigenvalue weighted by Crippen LogP contribution is 2.41. The molecule has 4 heterocycles. The number of fused-ring (bicyclic) bond motifs is 2. The molecular weight excluding hydrogens is 520 g/mol. The average molecular weight is 555 g/mol. The number of anilines is 1. The second-order valence-corrected chi connectivity index (χ2v) is 8.82. The Morgan fingerprint density at radius 2 is 2.08 bits per heavy atom. The molecule has 5 rings (SSSR count). The topological polar surface area (TPSA) is 168 Å². The summed E-state index contributed by atoms with van der Waals surface area (Å²) in [6.07, 6.45) is 3.67. The number of carbonyl (C=O) groups is 1. The lowest BCUT2D eigenvalue weighted by Crippen LogP contribution is -2.29. The molecule has 1 fully saturated rings. The molecule has 2 aromatic heterocycles. The van der Waals surface area contributed by atoms with Gasteiger partial charge in [-0.15, -0.1) is 0 Å². The Bertz CT molecular complexity index is 1370. The number of carbonyl (C=O) groups excluding carboxylic acids is 1. The van der Waals surface area contributed by atoms with Gasteiger partial charge in [-0.2, -0.15) is 0 Å². The molecule has 0 spiro atoms. The molecule has 0 saturated carbocycles. The van der Waals surface area contributed by atoms with Crippen LogP contribution in [-0.2, 0) is 9.53 Å². The van der Waals surface area contributed by atoms with Crippen LogP contribution in [0.15, 0.2) is 47.8 Å². The van der Waals surface area contributed by atoms with E-state index in [0.717, 1.165) is 0 Å². The number of amidine groups is 1. The molecule has 3 unspecified atom stereocenters. The number of aliphatic imine (C=N–C) groups is 1. The number of hydrogen-bond acceptors (Lipinski definition) is 12. The molecule has 0 aliphatic carbocycles. The van der Waals surface area contributed by atoms with Gasteiger partial charge in [0, 0.05) is 26.7 Å². The maximum atomic E-state index is 11.1. The van der Waals surface area contributed by atoms with Crippen LogP contribution in [0.25, 0.3) is 11.2 Å². The van der Waals surface area contributed by atoms with E-state index in [-0.39, 0.29) is 19.0 Å². The van der Waals surface area contributed by atoms with E-state index in [0.29, 0.717) is 59.3 Å². The molecule has 2 aliphatic heterocycles. The molecule has 0 radical (unpaired) electrons. The van der Waals surface area contributed by atoms with Gasteiger partial charge in [0.25, 0.3) is 0 Å². The minimum Gasteiger partial charge on any atom is -0.489 e. The van der Waals surface area contributed by atoms with Crippen molar-refractivity contribution in [1.82, 2.24) is 29.7 Å². The summed E-state index contributed by atoms with van der Waals surface area (Å²) < 4.78 is 19.4. The highest BCUT2D eigenvalue weighted by atomic mass is 16.5. The number of imidazole rings is 1. The van der Waals surface area contributed by atoms with Crippen molar-refractivity contribution in [2.24, 2.45) is 4.99 Å². The number of aliphatic hydroxyl groups excluding tert-OH is 2. The molecule has 0 bridgehead atoms. The zero-order valence-electron chi connectivity index (χ0n) is 22.8. The first kappa shape index (κ1) is 28.7. The van der Waals surface area contributed by atoms with Crippen molar-refractivity contribution in [3.63, 3.8) is 0 Å². The third kappa shape index (κ3) is 6.14. The summed E-state index contributed by atoms with van der Waals surface area (Å²) in [5.74, 6) is 2.20. The zero-order valence-corrected chi connectivity index (χ0v) is 22.8. The van der Waals surface area contributed by atoms with Crippen LogP contribution >= 0.6 is 0 Å². The van der Waals surface area contributed by atoms with Gasteiger partial charge >= 0.3 is 0 Å². The van der Waals surface area contributed by atoms with Crippen LogP contribution in [0.2, 0.25) is 0 Å². The largest absolute Gasteiger partial charge is 0.489 e. The molecule has 14 heteroatoms. The van der Waals surface area contributed by atoms with E-state index in [1.165, 1.54) is 6.33 Å². The summed E-state index contributed by atoms with van der Waals surface area (Å²) in [5.41, 5.74) is 1.55. The highest BCUT2D eigenvalue weighted by molar-refractivity contribution is 6.05. The van der Waals surface area contributed by atoms with Gasteiger partial charge in [0.15, 0.2) is 40.0 Å². The molecular formula is C26H34N8O6. The predicted molar refractivity (Wildman–Crippen MR) is 147 cm³/mol. The Morgan fingerprint density at radius 1 is 1.25 bits per heavy atom. The van der Waals surface area contributed by atoms with Crippen LogP contribution in [-0.4, -0.2) is 92.9 Å². The summed E-state index contributed by atoms with van der Waals surface area (Å²) in [4.78, 5) is 30.4. The molecule has 3 atom stereocenters. The molecule has 2 aliphatic rings. The van der Waals surface area contributed by atoms with Crippen molar-refractivity contribution in [3.05, 3.63) is 42.8 Å². The molecule has 3 aromatic rings. The van der Waals surface area contributed by atoms with Gasteiger partial charge < -0.3 is 40.0 Å². The average Bonchev–Trinajstić information content (AvgIpc) is 3.56. The van der Waals surface area contributed by atoms with Gasteiger partial charge in [-0.1, -0.05) is 19.9 Å². The van der Waals surface area contributed by atoms with Gasteiger partial charge in [0.2, 0.25) is 6.41 Å². The predicted octanol–water partition coefficient (Wildman–Crippen LogP) is 1.56. The zero-order chi connectivity index (χ0) is 28.6. The quantitative estimate of drug-likeness (QED) is 0.224. The second-order valence-electron chi connectivity index (χ2n) is 8.82. The lowest BCUT2D eigenvalue weighted by molar-refractivity contribution is -0.108. The second kappa shape index (κ2) is 13.2. The number of nitrogens with zero attached hydrogens (tertiary/aromatic N) is 6. The van der Waals surface area contributed by atoms with E-state index in [1.54, 1.807) is 40.2 Å². The van der Waals surface area contributed by atoms with Crippen molar-refractivity contribution in [2.75, 3.05) is 39.2 Å². The van der Waals surface area contributed by atoms with Crippen LogP contribution in [0.3, 0.4) is 0 Å². The number of rotatable bonds is 9. The fourth-order valence-corrected chi connectivity index (χ4v) is 4.20. The van der Waals surface area contributed by atoms with Gasteiger partial charge in [-0.05, 0) is 12.1 Å². The summed E-state index contributed by atoms with van der Waals surface area (Å²) in [6, 6.07) is 5.34. The smallest absolute Gasteiger partial charge is 0.212 e. The molecule has 1 amide bonds. The standard InChI is InChI=1S/C24H28N8O6.C2H6/c1-31(2)9-17-22(29-13-34)30-20-15(4-3-5-16(20)37-17)36-7-6-25-23-21-24(27-11-26-23)32(12-28-21)19-8-14(35)18(10-33)38-19;1-2/h3-5,9,11-14,18-19,33,35H,6-8,10H2,1-2H3,(H,25,26,27)(H,29,30,34);1-2H3/b17-9+;. The van der Waals surface area contributed by atoms with Crippen LogP contribution in [0, 0.1) is 0 Å². The minimum atomic E-state index is -0.765. The number of ether oxygens (including phenoxy) is 3. The number of aliphatic hydroxyl groups is 2. The highest BCUT2D eigenvalue weighted by Gasteiger charge is 2.35. The molecule has 1 aromatic carbocycles. The third-order valence-electron chi connectivity index (χ3n) is 5.92. The summed E-state index contributed by atoms with van der Waals surface area (Å²) in [5, 5.41) is 25.2. The Labute approximate surface area is 231 Å². The van der Waals surface area contributed by atoms with E-state index in [1.807, 2.05) is 27.9 Å². The van der Waals surface area contributed by atoms with E-state index >= 15 is 0 Å². The van der Waals surface area contributed by atoms with Gasteiger partial charge in [0.05, 0.1) is 25.6 Å². The van der Waals surface area contributed by atoms with E-state index in [2.05, 4.69) is 30.6 Å². The van der Waals surface area contributed by atoms with Crippen LogP contribution in [0.1, 0.15) is 26.5 Å².